The lowest BCUT2D eigenvalue weighted by Gasteiger charge is -2.13. The maximum absolute atomic E-state index is 12.4. The Morgan fingerprint density at radius 1 is 1.30 bits per heavy atom. The molecule has 0 saturated heterocycles. The van der Waals surface area contributed by atoms with Crippen LogP contribution in [0.4, 0.5) is 13.2 Å². The normalized spacial score (nSPS) is 11.4. The number of furan rings is 1. The molecule has 0 N–H and O–H groups in total. The van der Waals surface area contributed by atoms with Gasteiger partial charge in [-0.3, -0.25) is 4.79 Å². The van der Waals surface area contributed by atoms with Crippen molar-refractivity contribution in [3.8, 4) is 17.1 Å². The van der Waals surface area contributed by atoms with E-state index in [2.05, 4.69) is 20.7 Å². The topological polar surface area (TPSA) is 39.4 Å². The summed E-state index contributed by atoms with van der Waals surface area (Å²) in [4.78, 5) is 10.6. The van der Waals surface area contributed by atoms with Crippen molar-refractivity contribution < 1.29 is 27.1 Å². The van der Waals surface area contributed by atoms with E-state index in [-0.39, 0.29) is 22.1 Å². The van der Waals surface area contributed by atoms with Crippen molar-refractivity contribution >= 4 is 33.8 Å². The zero-order valence-corrected chi connectivity index (χ0v) is 11.8. The molecule has 106 valence electrons. The number of hydrogen-bond donors (Lipinski definition) is 0. The van der Waals surface area contributed by atoms with Crippen LogP contribution in [0, 0.1) is 0 Å². The van der Waals surface area contributed by atoms with Gasteiger partial charge in [-0.1, -0.05) is 27.5 Å². The van der Waals surface area contributed by atoms with Gasteiger partial charge in [0.1, 0.15) is 11.5 Å². The quantitative estimate of drug-likeness (QED) is 0.709. The van der Waals surface area contributed by atoms with Gasteiger partial charge < -0.3 is 9.15 Å². The van der Waals surface area contributed by atoms with Crippen LogP contribution in [0.3, 0.4) is 0 Å². The summed E-state index contributed by atoms with van der Waals surface area (Å²) in [5.41, 5.74) is -0.0831. The lowest BCUT2D eigenvalue weighted by atomic mass is 10.1. The highest BCUT2D eigenvalue weighted by molar-refractivity contribution is 9.10. The molecule has 0 aliphatic carbocycles. The van der Waals surface area contributed by atoms with Gasteiger partial charge in [0.05, 0.1) is 10.6 Å². The number of aldehydes is 1. The number of benzene rings is 1. The van der Waals surface area contributed by atoms with Crippen molar-refractivity contribution in [2.45, 2.75) is 6.36 Å². The first-order valence-electron chi connectivity index (χ1n) is 5.10. The van der Waals surface area contributed by atoms with Crippen LogP contribution < -0.4 is 4.74 Å². The fourth-order valence-electron chi connectivity index (χ4n) is 1.54. The minimum atomic E-state index is -4.88. The molecular formula is C12H5BrClF3O3. The molecule has 0 aliphatic rings. The van der Waals surface area contributed by atoms with Crippen molar-refractivity contribution in [3.63, 3.8) is 0 Å². The number of carbonyl (C=O) groups excluding carboxylic acids is 1. The second-order valence-electron chi connectivity index (χ2n) is 3.63. The van der Waals surface area contributed by atoms with Gasteiger partial charge in [0.2, 0.25) is 0 Å². The number of rotatable bonds is 3. The molecule has 0 spiro atoms. The van der Waals surface area contributed by atoms with E-state index in [4.69, 9.17) is 16.0 Å². The molecule has 0 saturated carbocycles. The Morgan fingerprint density at radius 3 is 2.55 bits per heavy atom. The van der Waals surface area contributed by atoms with Crippen molar-refractivity contribution in [1.29, 1.82) is 0 Å². The number of hydrogen-bond acceptors (Lipinski definition) is 3. The van der Waals surface area contributed by atoms with E-state index in [9.17, 15) is 18.0 Å². The van der Waals surface area contributed by atoms with E-state index < -0.39 is 12.1 Å². The fraction of sp³-hybridized carbons (Fsp3) is 0.0833. The lowest BCUT2D eigenvalue weighted by molar-refractivity contribution is -0.274. The summed E-state index contributed by atoms with van der Waals surface area (Å²) >= 11 is 8.95. The van der Waals surface area contributed by atoms with Crippen LogP contribution in [0.2, 0.25) is 5.02 Å². The average Bonchev–Trinajstić information content (AvgIpc) is 2.74. The van der Waals surface area contributed by atoms with E-state index in [0.29, 0.717) is 10.8 Å². The molecule has 2 rings (SSSR count). The molecule has 0 amide bonds. The van der Waals surface area contributed by atoms with Crippen LogP contribution in [0.15, 0.2) is 33.2 Å². The summed E-state index contributed by atoms with van der Waals surface area (Å²) in [7, 11) is 0. The van der Waals surface area contributed by atoms with Crippen LogP contribution in [0.25, 0.3) is 11.3 Å². The van der Waals surface area contributed by atoms with Gasteiger partial charge in [-0.2, -0.15) is 0 Å². The minimum Gasteiger partial charge on any atom is -0.453 e. The molecule has 3 nitrogen and oxygen atoms in total. The monoisotopic (exact) mass is 368 g/mol. The third kappa shape index (κ3) is 3.34. The van der Waals surface area contributed by atoms with Gasteiger partial charge in [0.15, 0.2) is 12.0 Å². The lowest BCUT2D eigenvalue weighted by Crippen LogP contribution is -2.17. The molecule has 1 aromatic carbocycles. The van der Waals surface area contributed by atoms with E-state index in [1.165, 1.54) is 18.2 Å². The maximum atomic E-state index is 12.4. The van der Waals surface area contributed by atoms with E-state index in [1.54, 1.807) is 0 Å². The summed E-state index contributed by atoms with van der Waals surface area (Å²) in [6.45, 7) is 0. The van der Waals surface area contributed by atoms with Crippen LogP contribution in [0.1, 0.15) is 10.6 Å². The highest BCUT2D eigenvalue weighted by atomic mass is 79.9. The minimum absolute atomic E-state index is 0.00356. The second kappa shape index (κ2) is 5.49. The SMILES string of the molecule is O=Cc1ccc(-c2c(Cl)cc(Br)cc2OC(F)(F)F)o1. The van der Waals surface area contributed by atoms with Crippen LogP contribution in [-0.4, -0.2) is 12.6 Å². The predicted molar refractivity (Wildman–Crippen MR) is 68.9 cm³/mol. The highest BCUT2D eigenvalue weighted by Crippen LogP contribution is 2.41. The van der Waals surface area contributed by atoms with Gasteiger partial charge in [-0.15, -0.1) is 13.2 Å². The van der Waals surface area contributed by atoms with Gasteiger partial charge in [-0.25, -0.2) is 0 Å². The standard InChI is InChI=1S/C12H5BrClF3O3/c13-6-3-8(14)11(9-2-1-7(5-18)19-9)10(4-6)20-12(15,16)17/h1-5H. The molecule has 1 heterocycles. The zero-order valence-electron chi connectivity index (χ0n) is 9.50. The second-order valence-corrected chi connectivity index (χ2v) is 4.95. The predicted octanol–water partition coefficient (Wildman–Crippen LogP) is 5.07. The Hall–Kier alpha value is -1.47. The molecule has 1 aromatic heterocycles. The molecule has 0 fully saturated rings. The number of alkyl halides is 3. The van der Waals surface area contributed by atoms with Gasteiger partial charge in [0.25, 0.3) is 0 Å². The maximum Gasteiger partial charge on any atom is 0.573 e. The molecule has 0 aliphatic heterocycles. The first kappa shape index (κ1) is 14.9. The smallest absolute Gasteiger partial charge is 0.453 e. The summed E-state index contributed by atoms with van der Waals surface area (Å²) in [5, 5.41) is -0.00887. The fourth-order valence-corrected chi connectivity index (χ4v) is 2.42. The Labute approximate surface area is 124 Å². The average molecular weight is 370 g/mol. The Balaban J connectivity index is 2.58. The summed E-state index contributed by atoms with van der Waals surface area (Å²) in [6.07, 6.45) is -4.44. The number of carbonyl (C=O) groups is 1. The first-order valence-corrected chi connectivity index (χ1v) is 6.27. The number of halogens is 5. The van der Waals surface area contributed by atoms with E-state index in [1.807, 2.05) is 0 Å². The molecule has 20 heavy (non-hydrogen) atoms. The van der Waals surface area contributed by atoms with Crippen molar-refractivity contribution in [1.82, 2.24) is 0 Å². The van der Waals surface area contributed by atoms with Crippen LogP contribution in [-0.2, 0) is 0 Å². The molecular weight excluding hydrogens is 364 g/mol. The molecule has 0 unspecified atom stereocenters. The molecule has 0 atom stereocenters. The third-order valence-electron chi connectivity index (χ3n) is 2.23. The van der Waals surface area contributed by atoms with E-state index >= 15 is 0 Å². The largest absolute Gasteiger partial charge is 0.573 e. The molecule has 0 bridgehead atoms. The Morgan fingerprint density at radius 2 is 2.00 bits per heavy atom. The molecule has 0 radical (unpaired) electrons. The Kier molecular flexibility index (Phi) is 4.10. The summed E-state index contributed by atoms with van der Waals surface area (Å²) in [6, 6.07) is 5.15. The zero-order chi connectivity index (χ0) is 14.9. The van der Waals surface area contributed by atoms with Crippen molar-refractivity contribution in [3.05, 3.63) is 39.5 Å². The van der Waals surface area contributed by atoms with Gasteiger partial charge >= 0.3 is 6.36 Å². The van der Waals surface area contributed by atoms with Crippen LogP contribution >= 0.6 is 27.5 Å². The number of ether oxygens (including phenoxy) is 1. The van der Waals surface area contributed by atoms with Crippen molar-refractivity contribution in [2.75, 3.05) is 0 Å². The molecule has 8 heteroatoms. The molecule has 2 aromatic rings. The van der Waals surface area contributed by atoms with Gasteiger partial charge in [0, 0.05) is 4.47 Å². The Bertz CT molecular complexity index is 652. The van der Waals surface area contributed by atoms with Gasteiger partial charge in [-0.05, 0) is 24.3 Å². The van der Waals surface area contributed by atoms with E-state index in [0.717, 1.165) is 6.07 Å². The summed E-state index contributed by atoms with van der Waals surface area (Å²) in [5.74, 6) is -0.551. The van der Waals surface area contributed by atoms with Crippen LogP contribution in [0.5, 0.6) is 5.75 Å². The first-order chi connectivity index (χ1) is 9.30. The third-order valence-corrected chi connectivity index (χ3v) is 2.99. The summed E-state index contributed by atoms with van der Waals surface area (Å²) < 4.78 is 46.5. The highest BCUT2D eigenvalue weighted by Gasteiger charge is 2.33. The van der Waals surface area contributed by atoms with Crippen molar-refractivity contribution in [2.24, 2.45) is 0 Å².